The number of anilines is 1. The maximum atomic E-state index is 12.8. The molecule has 0 radical (unpaired) electrons. The second kappa shape index (κ2) is 5.66. The Kier molecular flexibility index (Phi) is 3.98. The summed E-state index contributed by atoms with van der Waals surface area (Å²) in [5.74, 6) is 0.124. The van der Waals surface area contributed by atoms with Gasteiger partial charge in [-0.2, -0.15) is 4.31 Å². The molecule has 1 aliphatic heterocycles. The summed E-state index contributed by atoms with van der Waals surface area (Å²) in [6, 6.07) is 4.36. The van der Waals surface area contributed by atoms with Crippen LogP contribution in [0.1, 0.15) is 11.3 Å². The molecule has 22 heavy (non-hydrogen) atoms. The minimum atomic E-state index is -3.76. The second-order valence-corrected chi connectivity index (χ2v) is 7.61. The van der Waals surface area contributed by atoms with Gasteiger partial charge in [0.1, 0.15) is 4.90 Å². The van der Waals surface area contributed by atoms with Gasteiger partial charge in [-0.3, -0.25) is 0 Å². The van der Waals surface area contributed by atoms with E-state index in [0.29, 0.717) is 23.7 Å². The predicted molar refractivity (Wildman–Crippen MR) is 84.2 cm³/mol. The molecule has 0 aliphatic carbocycles. The Hall–Kier alpha value is -1.41. The topological polar surface area (TPSA) is 89.2 Å². The molecule has 0 amide bonds. The van der Waals surface area contributed by atoms with Crippen LogP contribution in [-0.2, 0) is 23.0 Å². The van der Waals surface area contributed by atoms with Crippen molar-refractivity contribution in [3.8, 4) is 0 Å². The molecule has 0 fully saturated rings. The molecule has 1 aliphatic rings. The average Bonchev–Trinajstić information content (AvgIpc) is 2.48. The Morgan fingerprint density at radius 3 is 2.82 bits per heavy atom. The molecule has 9 heteroatoms. The molecule has 0 bridgehead atoms. The molecule has 0 spiro atoms. The zero-order chi connectivity index (χ0) is 15.9. The average molecular weight is 359 g/mol. The van der Waals surface area contributed by atoms with Crippen LogP contribution in [-0.4, -0.2) is 29.2 Å². The third kappa shape index (κ3) is 2.77. The van der Waals surface area contributed by atoms with Crippen molar-refractivity contribution in [1.29, 1.82) is 0 Å². The normalized spacial score (nSPS) is 15.5. The number of rotatable bonds is 2. The number of nitrogen functional groups attached to an aromatic ring is 1. The van der Waals surface area contributed by atoms with Crippen LogP contribution < -0.4 is 5.73 Å². The Balaban J connectivity index is 1.99. The van der Waals surface area contributed by atoms with Gasteiger partial charge in [0, 0.05) is 17.8 Å². The molecule has 1 aromatic heterocycles. The van der Waals surface area contributed by atoms with E-state index in [1.54, 1.807) is 12.3 Å². The van der Waals surface area contributed by atoms with Crippen molar-refractivity contribution in [1.82, 2.24) is 14.3 Å². The number of halogens is 2. The molecular formula is C13H12Cl2N4O2S. The van der Waals surface area contributed by atoms with Gasteiger partial charge in [0.25, 0.3) is 0 Å². The highest BCUT2D eigenvalue weighted by molar-refractivity contribution is 7.89. The highest BCUT2D eigenvalue weighted by Crippen LogP contribution is 2.30. The fourth-order valence-electron chi connectivity index (χ4n) is 2.31. The number of nitrogens with zero attached hydrogens (tertiary/aromatic N) is 3. The number of fused-ring (bicyclic) bond motifs is 1. The van der Waals surface area contributed by atoms with Crippen LogP contribution in [0.4, 0.5) is 5.95 Å². The summed E-state index contributed by atoms with van der Waals surface area (Å²) in [6.07, 6.45) is 2.15. The van der Waals surface area contributed by atoms with Crippen LogP contribution >= 0.6 is 23.2 Å². The van der Waals surface area contributed by atoms with Crippen molar-refractivity contribution in [2.45, 2.75) is 17.9 Å². The largest absolute Gasteiger partial charge is 0.368 e. The number of aromatic nitrogens is 2. The first kappa shape index (κ1) is 15.5. The van der Waals surface area contributed by atoms with Crippen molar-refractivity contribution in [2.24, 2.45) is 0 Å². The first-order chi connectivity index (χ1) is 10.4. The van der Waals surface area contributed by atoms with Gasteiger partial charge in [-0.15, -0.1) is 0 Å². The van der Waals surface area contributed by atoms with Crippen LogP contribution in [0.2, 0.25) is 10.0 Å². The van der Waals surface area contributed by atoms with E-state index in [1.165, 1.54) is 16.4 Å². The van der Waals surface area contributed by atoms with Gasteiger partial charge in [0.15, 0.2) is 0 Å². The lowest BCUT2D eigenvalue weighted by atomic mass is 10.1. The minimum absolute atomic E-state index is 0.00727. The molecule has 3 rings (SSSR count). The molecule has 1 aromatic carbocycles. The summed E-state index contributed by atoms with van der Waals surface area (Å²) < 4.78 is 26.8. The number of sulfonamides is 1. The van der Waals surface area contributed by atoms with Gasteiger partial charge in [-0.1, -0.05) is 23.2 Å². The molecule has 2 heterocycles. The number of benzene rings is 1. The zero-order valence-electron chi connectivity index (χ0n) is 11.3. The van der Waals surface area contributed by atoms with Crippen molar-refractivity contribution >= 4 is 39.2 Å². The second-order valence-electron chi connectivity index (χ2n) is 4.86. The quantitative estimate of drug-likeness (QED) is 0.887. The van der Waals surface area contributed by atoms with Crippen molar-refractivity contribution < 1.29 is 8.42 Å². The third-order valence-electron chi connectivity index (χ3n) is 3.44. The molecule has 2 aromatic rings. The highest BCUT2D eigenvalue weighted by Gasteiger charge is 2.31. The molecule has 6 nitrogen and oxygen atoms in total. The van der Waals surface area contributed by atoms with Gasteiger partial charge >= 0.3 is 0 Å². The number of nitrogens with two attached hydrogens (primary N) is 1. The van der Waals surface area contributed by atoms with Gasteiger partial charge in [-0.05, 0) is 30.2 Å². The lowest BCUT2D eigenvalue weighted by Crippen LogP contribution is -2.36. The highest BCUT2D eigenvalue weighted by atomic mass is 35.5. The molecule has 2 N–H and O–H groups in total. The first-order valence-electron chi connectivity index (χ1n) is 6.43. The van der Waals surface area contributed by atoms with Crippen LogP contribution in [0.3, 0.4) is 0 Å². The van der Waals surface area contributed by atoms with Gasteiger partial charge < -0.3 is 5.73 Å². The summed E-state index contributed by atoms with van der Waals surface area (Å²) in [6.45, 7) is 0.457. The van der Waals surface area contributed by atoms with E-state index >= 15 is 0 Å². The molecule has 0 saturated carbocycles. The zero-order valence-corrected chi connectivity index (χ0v) is 13.7. The van der Waals surface area contributed by atoms with Crippen LogP contribution in [0.25, 0.3) is 0 Å². The summed E-state index contributed by atoms with van der Waals surface area (Å²) in [4.78, 5) is 8.03. The Morgan fingerprint density at radius 2 is 2.05 bits per heavy atom. The molecule has 0 unspecified atom stereocenters. The van der Waals surface area contributed by atoms with Gasteiger partial charge in [0.2, 0.25) is 16.0 Å². The standard InChI is InChI=1S/C13H12Cl2N4O2S/c14-9-1-2-10(15)12(5-9)22(20,21)19-4-3-8-6-17-13(16)18-11(8)7-19/h1-2,5-6H,3-4,7H2,(H2,16,17,18). The third-order valence-corrected chi connectivity index (χ3v) is 6.00. The Morgan fingerprint density at radius 1 is 1.27 bits per heavy atom. The lowest BCUT2D eigenvalue weighted by Gasteiger charge is -2.27. The SMILES string of the molecule is Nc1ncc2c(n1)CN(S(=O)(=O)c1cc(Cl)ccc1Cl)CC2. The summed E-state index contributed by atoms with van der Waals surface area (Å²) >= 11 is 11.9. The van der Waals surface area contributed by atoms with E-state index in [1.807, 2.05) is 0 Å². The predicted octanol–water partition coefficient (Wildman–Crippen LogP) is 2.11. The van der Waals surface area contributed by atoms with E-state index < -0.39 is 10.0 Å². The number of hydrogen-bond acceptors (Lipinski definition) is 5. The first-order valence-corrected chi connectivity index (χ1v) is 8.63. The molecule has 0 saturated heterocycles. The monoisotopic (exact) mass is 358 g/mol. The number of hydrogen-bond donors (Lipinski definition) is 1. The van der Waals surface area contributed by atoms with E-state index in [2.05, 4.69) is 9.97 Å². The smallest absolute Gasteiger partial charge is 0.244 e. The summed E-state index contributed by atoms with van der Waals surface area (Å²) in [7, 11) is -3.76. The van der Waals surface area contributed by atoms with E-state index in [4.69, 9.17) is 28.9 Å². The van der Waals surface area contributed by atoms with E-state index in [9.17, 15) is 8.42 Å². The van der Waals surface area contributed by atoms with E-state index in [0.717, 1.165) is 5.56 Å². The molecular weight excluding hydrogens is 347 g/mol. The minimum Gasteiger partial charge on any atom is -0.368 e. The maximum absolute atomic E-state index is 12.8. The van der Waals surface area contributed by atoms with Crippen LogP contribution in [0, 0.1) is 0 Å². The van der Waals surface area contributed by atoms with E-state index in [-0.39, 0.29) is 22.4 Å². The van der Waals surface area contributed by atoms with Crippen molar-refractivity contribution in [3.05, 3.63) is 45.7 Å². The Bertz CT molecular complexity index is 842. The molecule has 116 valence electrons. The summed E-state index contributed by atoms with van der Waals surface area (Å²) in [5, 5.41) is 0.448. The maximum Gasteiger partial charge on any atom is 0.244 e. The van der Waals surface area contributed by atoms with Gasteiger partial charge in [0.05, 0.1) is 17.3 Å². The lowest BCUT2D eigenvalue weighted by molar-refractivity contribution is 0.385. The van der Waals surface area contributed by atoms with Crippen molar-refractivity contribution in [2.75, 3.05) is 12.3 Å². The fraction of sp³-hybridized carbons (Fsp3) is 0.231. The fourth-order valence-corrected chi connectivity index (χ4v) is 4.45. The summed E-state index contributed by atoms with van der Waals surface area (Å²) in [5.41, 5.74) is 7.08. The molecule has 0 atom stereocenters. The van der Waals surface area contributed by atoms with Crippen LogP contribution in [0.5, 0.6) is 0 Å². The van der Waals surface area contributed by atoms with Gasteiger partial charge in [-0.25, -0.2) is 18.4 Å². The Labute approximate surface area is 137 Å². The van der Waals surface area contributed by atoms with Crippen LogP contribution in [0.15, 0.2) is 29.3 Å². The van der Waals surface area contributed by atoms with Crippen molar-refractivity contribution in [3.63, 3.8) is 0 Å².